The third-order valence-electron chi connectivity index (χ3n) is 5.14. The Morgan fingerprint density at radius 1 is 1.04 bits per heavy atom. The first-order chi connectivity index (χ1) is 12.5. The lowest BCUT2D eigenvalue weighted by Crippen LogP contribution is -2.47. The summed E-state index contributed by atoms with van der Waals surface area (Å²) >= 11 is 0. The maximum atomic E-state index is 13.3. The molecule has 0 spiro atoms. The molecule has 0 bridgehead atoms. The average Bonchev–Trinajstić information content (AvgIpc) is 2.83. The second kappa shape index (κ2) is 6.32. The summed E-state index contributed by atoms with van der Waals surface area (Å²) in [6.45, 7) is 9.06. The zero-order valence-electron chi connectivity index (χ0n) is 15.6. The average molecular weight is 385 g/mol. The zero-order chi connectivity index (χ0) is 20.0. The van der Waals surface area contributed by atoms with Crippen LogP contribution in [-0.4, -0.2) is 29.3 Å². The van der Waals surface area contributed by atoms with Gasteiger partial charge in [-0.1, -0.05) is 53.6 Å². The van der Waals surface area contributed by atoms with Crippen molar-refractivity contribution in [3.63, 3.8) is 0 Å². The molecule has 0 unspecified atom stereocenters. The van der Waals surface area contributed by atoms with Gasteiger partial charge in [-0.25, -0.2) is 12.7 Å². The van der Waals surface area contributed by atoms with E-state index in [0.29, 0.717) is 5.56 Å². The maximum Gasteiger partial charge on any atom is 0.273 e. The highest BCUT2D eigenvalue weighted by molar-refractivity contribution is 7.89. The van der Waals surface area contributed by atoms with Crippen molar-refractivity contribution >= 4 is 15.9 Å². The molecule has 142 valence electrons. The van der Waals surface area contributed by atoms with Crippen LogP contribution in [0.1, 0.15) is 30.0 Å². The minimum absolute atomic E-state index is 0.00248. The molecule has 5 nitrogen and oxygen atoms in total. The standard InChI is InChI=1S/C21H23NO4S/c1-5-20(4)14-21(24,17-10-6-15(2)7-11-17)19(23)22(20)27(25,26)18-12-8-16(3)9-13-18/h5-13,24H,1,14H2,2-4H3/t20-,21-/m0/s1. The second-order valence-corrected chi connectivity index (χ2v) is 9.14. The number of rotatable bonds is 4. The van der Waals surface area contributed by atoms with Gasteiger partial charge in [-0.15, -0.1) is 6.58 Å². The fourth-order valence-electron chi connectivity index (χ4n) is 3.47. The Bertz CT molecular complexity index is 995. The van der Waals surface area contributed by atoms with Crippen LogP contribution in [0.25, 0.3) is 0 Å². The number of aryl methyl sites for hydroxylation is 2. The number of sulfonamides is 1. The fourth-order valence-corrected chi connectivity index (χ4v) is 5.22. The first-order valence-corrected chi connectivity index (χ1v) is 10.1. The predicted octanol–water partition coefficient (Wildman–Crippen LogP) is 3.06. The van der Waals surface area contributed by atoms with E-state index >= 15 is 0 Å². The molecule has 1 saturated heterocycles. The molecule has 0 aliphatic carbocycles. The summed E-state index contributed by atoms with van der Waals surface area (Å²) in [5.74, 6) is -0.866. The molecule has 2 aromatic carbocycles. The van der Waals surface area contributed by atoms with Crippen molar-refractivity contribution in [2.45, 2.75) is 43.2 Å². The number of benzene rings is 2. The SMILES string of the molecule is C=C[C@@]1(C)C[C@](O)(c2ccc(C)cc2)C(=O)N1S(=O)(=O)c1ccc(C)cc1. The molecule has 1 amide bonds. The Kier molecular flexibility index (Phi) is 4.52. The Balaban J connectivity index is 2.14. The van der Waals surface area contributed by atoms with Crippen LogP contribution < -0.4 is 0 Å². The number of hydrogen-bond donors (Lipinski definition) is 1. The Morgan fingerprint density at radius 2 is 1.52 bits per heavy atom. The van der Waals surface area contributed by atoms with Crippen LogP contribution in [0.5, 0.6) is 0 Å². The summed E-state index contributed by atoms with van der Waals surface area (Å²) in [4.78, 5) is 13.2. The summed E-state index contributed by atoms with van der Waals surface area (Å²) in [7, 11) is -4.16. The number of nitrogens with zero attached hydrogens (tertiary/aromatic N) is 1. The molecule has 2 atom stereocenters. The Morgan fingerprint density at radius 3 is 2.00 bits per heavy atom. The molecule has 3 rings (SSSR count). The lowest BCUT2D eigenvalue weighted by atomic mass is 9.85. The third-order valence-corrected chi connectivity index (χ3v) is 7.08. The fraction of sp³-hybridized carbons (Fsp3) is 0.286. The highest BCUT2D eigenvalue weighted by Crippen LogP contribution is 2.46. The van der Waals surface area contributed by atoms with Crippen LogP contribution >= 0.6 is 0 Å². The van der Waals surface area contributed by atoms with Crippen molar-refractivity contribution in [3.8, 4) is 0 Å². The highest BCUT2D eigenvalue weighted by Gasteiger charge is 2.60. The monoisotopic (exact) mass is 385 g/mol. The van der Waals surface area contributed by atoms with Crippen LogP contribution in [0.15, 0.2) is 66.1 Å². The van der Waals surface area contributed by atoms with E-state index in [-0.39, 0.29) is 11.3 Å². The first kappa shape index (κ1) is 19.3. The lowest BCUT2D eigenvalue weighted by Gasteiger charge is -2.30. The summed E-state index contributed by atoms with van der Waals surface area (Å²) in [6, 6.07) is 13.1. The van der Waals surface area contributed by atoms with E-state index < -0.39 is 27.1 Å². The van der Waals surface area contributed by atoms with Gasteiger partial charge in [0, 0.05) is 6.42 Å². The van der Waals surface area contributed by atoms with Gasteiger partial charge in [-0.2, -0.15) is 0 Å². The van der Waals surface area contributed by atoms with E-state index in [2.05, 4.69) is 6.58 Å². The van der Waals surface area contributed by atoms with Crippen LogP contribution in [0.4, 0.5) is 0 Å². The van der Waals surface area contributed by atoms with E-state index in [4.69, 9.17) is 0 Å². The minimum atomic E-state index is -4.16. The summed E-state index contributed by atoms with van der Waals surface area (Å²) < 4.78 is 27.3. The van der Waals surface area contributed by atoms with E-state index in [0.717, 1.165) is 15.4 Å². The molecular formula is C21H23NO4S. The highest BCUT2D eigenvalue weighted by atomic mass is 32.2. The van der Waals surface area contributed by atoms with Gasteiger partial charge in [-0.3, -0.25) is 4.79 Å². The maximum absolute atomic E-state index is 13.3. The number of aliphatic hydroxyl groups is 1. The molecule has 1 aliphatic rings. The second-order valence-electron chi connectivity index (χ2n) is 7.35. The van der Waals surface area contributed by atoms with E-state index in [1.807, 2.05) is 13.8 Å². The first-order valence-electron chi connectivity index (χ1n) is 8.64. The van der Waals surface area contributed by atoms with Gasteiger partial charge in [-0.05, 0) is 38.5 Å². The van der Waals surface area contributed by atoms with Crippen LogP contribution in [0.3, 0.4) is 0 Å². The van der Waals surface area contributed by atoms with E-state index in [1.165, 1.54) is 18.2 Å². The molecule has 0 saturated carbocycles. The van der Waals surface area contributed by atoms with Crippen molar-refractivity contribution in [3.05, 3.63) is 77.9 Å². The molecule has 2 aromatic rings. The summed E-state index contributed by atoms with van der Waals surface area (Å²) in [6.07, 6.45) is 1.30. The van der Waals surface area contributed by atoms with Crippen molar-refractivity contribution in [2.75, 3.05) is 0 Å². The van der Waals surface area contributed by atoms with Crippen molar-refractivity contribution in [1.29, 1.82) is 0 Å². The van der Waals surface area contributed by atoms with E-state index in [9.17, 15) is 18.3 Å². The van der Waals surface area contributed by atoms with E-state index in [1.54, 1.807) is 43.3 Å². The molecule has 27 heavy (non-hydrogen) atoms. The van der Waals surface area contributed by atoms with Gasteiger partial charge in [0.1, 0.15) is 0 Å². The smallest absolute Gasteiger partial charge is 0.273 e. The topological polar surface area (TPSA) is 74.7 Å². The van der Waals surface area contributed by atoms with Crippen molar-refractivity contribution < 1.29 is 18.3 Å². The summed E-state index contributed by atoms with van der Waals surface area (Å²) in [5, 5.41) is 11.2. The normalized spacial score (nSPS) is 25.6. The van der Waals surface area contributed by atoms with Gasteiger partial charge in [0.05, 0.1) is 10.4 Å². The number of carbonyl (C=O) groups is 1. The number of hydrogen-bond acceptors (Lipinski definition) is 4. The molecule has 1 aliphatic heterocycles. The number of carbonyl (C=O) groups excluding carboxylic acids is 1. The summed E-state index contributed by atoms with van der Waals surface area (Å²) in [5.41, 5.74) is -0.935. The van der Waals surface area contributed by atoms with Crippen molar-refractivity contribution in [1.82, 2.24) is 4.31 Å². The molecule has 1 N–H and O–H groups in total. The molecular weight excluding hydrogens is 362 g/mol. The largest absolute Gasteiger partial charge is 0.375 e. The Labute approximate surface area is 160 Å². The van der Waals surface area contributed by atoms with Gasteiger partial charge < -0.3 is 5.11 Å². The van der Waals surface area contributed by atoms with Crippen LogP contribution in [0.2, 0.25) is 0 Å². The van der Waals surface area contributed by atoms with Gasteiger partial charge in [0.2, 0.25) is 0 Å². The molecule has 0 radical (unpaired) electrons. The van der Waals surface area contributed by atoms with Crippen molar-refractivity contribution in [2.24, 2.45) is 0 Å². The number of amides is 1. The van der Waals surface area contributed by atoms with Crippen LogP contribution in [0, 0.1) is 13.8 Å². The molecule has 0 aromatic heterocycles. The Hall–Kier alpha value is -2.44. The quantitative estimate of drug-likeness (QED) is 0.821. The lowest BCUT2D eigenvalue weighted by molar-refractivity contribution is -0.140. The predicted molar refractivity (Wildman–Crippen MR) is 104 cm³/mol. The molecule has 6 heteroatoms. The van der Waals surface area contributed by atoms with Gasteiger partial charge in [0.15, 0.2) is 5.60 Å². The molecule has 1 heterocycles. The van der Waals surface area contributed by atoms with Gasteiger partial charge >= 0.3 is 0 Å². The minimum Gasteiger partial charge on any atom is -0.375 e. The van der Waals surface area contributed by atoms with Crippen LogP contribution in [-0.2, 0) is 20.4 Å². The third kappa shape index (κ3) is 2.99. The van der Waals surface area contributed by atoms with Gasteiger partial charge in [0.25, 0.3) is 15.9 Å². The zero-order valence-corrected chi connectivity index (χ0v) is 16.5. The molecule has 1 fully saturated rings.